The standard InChI is InChI=1S/C28H41F3/c1-2-3-4-5-6-7-8-21-11-15-24(16-12-21)25-17-13-22(14-18-25)9-10-23-19-26(29)28(31)27(30)20-23/h3-4,19-22,24-25H,2,5-18H2,1H3/b4-3+. The fraction of sp³-hybridized carbons (Fsp3) is 0.714. The molecule has 3 rings (SSSR count). The third kappa shape index (κ3) is 7.68. The molecule has 0 spiro atoms. The smallest absolute Gasteiger partial charge is 0.194 e. The minimum Gasteiger partial charge on any atom is -0.204 e. The van der Waals surface area contributed by atoms with E-state index in [0.717, 1.165) is 42.7 Å². The molecular formula is C28H41F3. The molecular weight excluding hydrogens is 393 g/mol. The van der Waals surface area contributed by atoms with Crippen LogP contribution in [-0.2, 0) is 6.42 Å². The van der Waals surface area contributed by atoms with E-state index in [-0.39, 0.29) is 0 Å². The maximum Gasteiger partial charge on any atom is 0.194 e. The Balaban J connectivity index is 1.30. The molecule has 2 fully saturated rings. The van der Waals surface area contributed by atoms with Crippen LogP contribution in [-0.4, -0.2) is 0 Å². The molecule has 0 atom stereocenters. The van der Waals surface area contributed by atoms with Gasteiger partial charge in [-0.1, -0.05) is 57.6 Å². The fourth-order valence-electron chi connectivity index (χ4n) is 6.00. The average molecular weight is 435 g/mol. The maximum absolute atomic E-state index is 13.4. The molecule has 31 heavy (non-hydrogen) atoms. The Labute approximate surface area is 187 Å². The highest BCUT2D eigenvalue weighted by Crippen LogP contribution is 2.43. The Hall–Kier alpha value is -1.25. The van der Waals surface area contributed by atoms with Crippen LogP contribution in [0.15, 0.2) is 24.3 Å². The zero-order valence-electron chi connectivity index (χ0n) is 19.4. The SMILES string of the molecule is CC/C=C/CCCCC1CCC(C2CCC(CCc3cc(F)c(F)c(F)c3)CC2)CC1. The van der Waals surface area contributed by atoms with Crippen molar-refractivity contribution >= 4 is 0 Å². The first-order valence-corrected chi connectivity index (χ1v) is 12.8. The first kappa shape index (κ1) is 24.4. The molecule has 2 aliphatic rings. The van der Waals surface area contributed by atoms with E-state index in [2.05, 4.69) is 19.1 Å². The maximum atomic E-state index is 13.4. The highest BCUT2D eigenvalue weighted by Gasteiger charge is 2.30. The number of rotatable bonds is 10. The molecule has 0 amide bonds. The summed E-state index contributed by atoms with van der Waals surface area (Å²) in [5.74, 6) is -0.0831. The zero-order chi connectivity index (χ0) is 22.1. The lowest BCUT2D eigenvalue weighted by Gasteiger charge is -2.38. The van der Waals surface area contributed by atoms with Gasteiger partial charge in [0, 0.05) is 0 Å². The summed E-state index contributed by atoms with van der Waals surface area (Å²) in [6, 6.07) is 2.31. The summed E-state index contributed by atoms with van der Waals surface area (Å²) in [4.78, 5) is 0. The van der Waals surface area contributed by atoms with Crippen molar-refractivity contribution in [2.75, 3.05) is 0 Å². The van der Waals surface area contributed by atoms with Crippen LogP contribution in [0.5, 0.6) is 0 Å². The van der Waals surface area contributed by atoms with Crippen LogP contribution >= 0.6 is 0 Å². The second-order valence-corrected chi connectivity index (χ2v) is 10.1. The van der Waals surface area contributed by atoms with E-state index in [9.17, 15) is 13.2 Å². The van der Waals surface area contributed by atoms with Crippen molar-refractivity contribution < 1.29 is 13.2 Å². The molecule has 0 bridgehead atoms. The van der Waals surface area contributed by atoms with E-state index in [1.165, 1.54) is 77.0 Å². The van der Waals surface area contributed by atoms with Crippen molar-refractivity contribution in [3.63, 3.8) is 0 Å². The predicted octanol–water partition coefficient (Wildman–Crippen LogP) is 9.18. The Morgan fingerprint density at radius 3 is 1.84 bits per heavy atom. The highest BCUT2D eigenvalue weighted by molar-refractivity contribution is 5.19. The van der Waals surface area contributed by atoms with Crippen LogP contribution < -0.4 is 0 Å². The van der Waals surface area contributed by atoms with E-state index in [4.69, 9.17) is 0 Å². The Kier molecular flexibility index (Phi) is 9.99. The van der Waals surface area contributed by atoms with Gasteiger partial charge in [-0.05, 0) is 99.2 Å². The van der Waals surface area contributed by atoms with Crippen molar-refractivity contribution in [1.29, 1.82) is 0 Å². The molecule has 0 nitrogen and oxygen atoms in total. The zero-order valence-corrected chi connectivity index (χ0v) is 19.4. The second-order valence-electron chi connectivity index (χ2n) is 10.1. The third-order valence-corrected chi connectivity index (χ3v) is 7.97. The van der Waals surface area contributed by atoms with Gasteiger partial charge >= 0.3 is 0 Å². The predicted molar refractivity (Wildman–Crippen MR) is 123 cm³/mol. The summed E-state index contributed by atoms with van der Waals surface area (Å²) in [7, 11) is 0. The summed E-state index contributed by atoms with van der Waals surface area (Å²) in [6.07, 6.45) is 23.6. The van der Waals surface area contributed by atoms with Gasteiger partial charge in [0.25, 0.3) is 0 Å². The monoisotopic (exact) mass is 434 g/mol. The van der Waals surface area contributed by atoms with Crippen LogP contribution in [0.4, 0.5) is 13.2 Å². The number of halogens is 3. The molecule has 2 saturated carbocycles. The third-order valence-electron chi connectivity index (χ3n) is 7.97. The molecule has 0 aromatic heterocycles. The lowest BCUT2D eigenvalue weighted by molar-refractivity contribution is 0.140. The molecule has 0 aliphatic heterocycles. The quantitative estimate of drug-likeness (QED) is 0.196. The van der Waals surface area contributed by atoms with Crippen molar-refractivity contribution in [2.45, 2.75) is 103 Å². The van der Waals surface area contributed by atoms with Crippen molar-refractivity contribution in [2.24, 2.45) is 23.7 Å². The van der Waals surface area contributed by atoms with Gasteiger partial charge in [0.15, 0.2) is 17.5 Å². The molecule has 0 heterocycles. The first-order chi connectivity index (χ1) is 15.1. The van der Waals surface area contributed by atoms with Crippen LogP contribution in [0.25, 0.3) is 0 Å². The van der Waals surface area contributed by atoms with Gasteiger partial charge in [0.05, 0.1) is 0 Å². The summed E-state index contributed by atoms with van der Waals surface area (Å²) in [6.45, 7) is 2.19. The van der Waals surface area contributed by atoms with Crippen molar-refractivity contribution in [3.8, 4) is 0 Å². The van der Waals surface area contributed by atoms with Gasteiger partial charge in [0.2, 0.25) is 0 Å². The number of aryl methyl sites for hydroxylation is 1. The molecule has 0 radical (unpaired) electrons. The highest BCUT2D eigenvalue weighted by atomic mass is 19.2. The molecule has 2 aliphatic carbocycles. The van der Waals surface area contributed by atoms with E-state index >= 15 is 0 Å². The van der Waals surface area contributed by atoms with E-state index in [1.54, 1.807) is 0 Å². The van der Waals surface area contributed by atoms with E-state index < -0.39 is 17.5 Å². The topological polar surface area (TPSA) is 0 Å². The minimum absolute atomic E-state index is 0.582. The Morgan fingerprint density at radius 1 is 0.742 bits per heavy atom. The second kappa shape index (κ2) is 12.7. The van der Waals surface area contributed by atoms with Crippen LogP contribution in [0.1, 0.15) is 102 Å². The largest absolute Gasteiger partial charge is 0.204 e. The number of hydrogen-bond acceptors (Lipinski definition) is 0. The molecule has 1 aromatic rings. The van der Waals surface area contributed by atoms with Crippen molar-refractivity contribution in [1.82, 2.24) is 0 Å². The minimum atomic E-state index is -1.36. The first-order valence-electron chi connectivity index (χ1n) is 12.8. The van der Waals surface area contributed by atoms with Crippen LogP contribution in [0.2, 0.25) is 0 Å². The lowest BCUT2D eigenvalue weighted by atomic mass is 9.68. The van der Waals surface area contributed by atoms with Gasteiger partial charge in [-0.2, -0.15) is 0 Å². The van der Waals surface area contributed by atoms with Gasteiger partial charge in [0.1, 0.15) is 0 Å². The molecule has 174 valence electrons. The number of allylic oxidation sites excluding steroid dienone is 2. The van der Waals surface area contributed by atoms with Gasteiger partial charge < -0.3 is 0 Å². The van der Waals surface area contributed by atoms with E-state index in [0.29, 0.717) is 17.9 Å². The fourth-order valence-corrected chi connectivity index (χ4v) is 6.00. The van der Waals surface area contributed by atoms with Gasteiger partial charge in [-0.15, -0.1) is 0 Å². The summed E-state index contributed by atoms with van der Waals surface area (Å²) in [5.41, 5.74) is 0.582. The summed E-state index contributed by atoms with van der Waals surface area (Å²) in [5, 5.41) is 0. The molecule has 0 saturated heterocycles. The van der Waals surface area contributed by atoms with Gasteiger partial charge in [-0.3, -0.25) is 0 Å². The number of unbranched alkanes of at least 4 members (excludes halogenated alkanes) is 2. The van der Waals surface area contributed by atoms with Crippen LogP contribution in [0, 0.1) is 41.1 Å². The van der Waals surface area contributed by atoms with Crippen molar-refractivity contribution in [3.05, 3.63) is 47.3 Å². The molecule has 3 heteroatoms. The Bertz CT molecular complexity index is 656. The van der Waals surface area contributed by atoms with Gasteiger partial charge in [-0.25, -0.2) is 13.2 Å². The van der Waals surface area contributed by atoms with Crippen LogP contribution in [0.3, 0.4) is 0 Å². The molecule has 0 unspecified atom stereocenters. The lowest BCUT2D eigenvalue weighted by Crippen LogP contribution is -2.26. The summed E-state index contributed by atoms with van der Waals surface area (Å²) < 4.78 is 39.9. The molecule has 1 aromatic carbocycles. The average Bonchev–Trinajstić information content (AvgIpc) is 2.79. The summed E-state index contributed by atoms with van der Waals surface area (Å²) >= 11 is 0. The normalized spacial score (nSPS) is 27.1. The molecule has 0 N–H and O–H groups in total. The number of hydrogen-bond donors (Lipinski definition) is 0. The number of benzene rings is 1. The van der Waals surface area contributed by atoms with E-state index in [1.807, 2.05) is 0 Å². The Morgan fingerprint density at radius 2 is 1.29 bits per heavy atom.